The predicted octanol–water partition coefficient (Wildman–Crippen LogP) is 0.343. The smallest absolute Gasteiger partial charge is 0.0991 e. The Morgan fingerprint density at radius 3 is 2.50 bits per heavy atom. The highest BCUT2D eigenvalue weighted by Crippen LogP contribution is 2.06. The van der Waals surface area contributed by atoms with Crippen LogP contribution in [0.5, 0.6) is 0 Å². The van der Waals surface area contributed by atoms with Crippen molar-refractivity contribution in [3.63, 3.8) is 0 Å². The quantitative estimate of drug-likeness (QED) is 0.751. The molecule has 0 bridgehead atoms. The molecule has 0 aliphatic carbocycles. The SMILES string of the molecule is CN(Cc1ccc(C#N)cc1)CC(O)CO. The molecule has 0 amide bonds. The maximum Gasteiger partial charge on any atom is 0.0991 e. The first-order chi connectivity index (χ1) is 7.65. The van der Waals surface area contributed by atoms with E-state index in [0.717, 1.165) is 5.56 Å². The van der Waals surface area contributed by atoms with E-state index in [2.05, 4.69) is 6.07 Å². The van der Waals surface area contributed by atoms with Crippen LogP contribution in [0.1, 0.15) is 11.1 Å². The molecule has 0 radical (unpaired) electrons. The monoisotopic (exact) mass is 220 g/mol. The van der Waals surface area contributed by atoms with Crippen LogP contribution < -0.4 is 0 Å². The molecule has 0 fully saturated rings. The number of benzene rings is 1. The summed E-state index contributed by atoms with van der Waals surface area (Å²) < 4.78 is 0. The Bertz CT molecular complexity index is 356. The number of nitrogens with zero attached hydrogens (tertiary/aromatic N) is 2. The van der Waals surface area contributed by atoms with Crippen LogP contribution >= 0.6 is 0 Å². The Balaban J connectivity index is 2.50. The number of aliphatic hydroxyl groups excluding tert-OH is 2. The van der Waals surface area contributed by atoms with Gasteiger partial charge in [-0.25, -0.2) is 0 Å². The van der Waals surface area contributed by atoms with Gasteiger partial charge >= 0.3 is 0 Å². The second-order valence-corrected chi connectivity index (χ2v) is 3.84. The van der Waals surface area contributed by atoms with E-state index in [1.807, 2.05) is 24.1 Å². The molecule has 2 N–H and O–H groups in total. The van der Waals surface area contributed by atoms with Crippen molar-refractivity contribution in [3.8, 4) is 6.07 Å². The van der Waals surface area contributed by atoms with Gasteiger partial charge in [-0.05, 0) is 24.7 Å². The molecule has 0 saturated heterocycles. The number of nitriles is 1. The van der Waals surface area contributed by atoms with Crippen LogP contribution in [0.4, 0.5) is 0 Å². The van der Waals surface area contributed by atoms with E-state index in [9.17, 15) is 5.11 Å². The van der Waals surface area contributed by atoms with Crippen molar-refractivity contribution in [3.05, 3.63) is 35.4 Å². The lowest BCUT2D eigenvalue weighted by atomic mass is 10.1. The molecule has 1 atom stereocenters. The van der Waals surface area contributed by atoms with Crippen LogP contribution in [0.2, 0.25) is 0 Å². The fourth-order valence-corrected chi connectivity index (χ4v) is 1.48. The first-order valence-electron chi connectivity index (χ1n) is 5.12. The molecular formula is C12H16N2O2. The Morgan fingerprint density at radius 2 is 2.00 bits per heavy atom. The molecule has 4 nitrogen and oxygen atoms in total. The molecule has 0 saturated carbocycles. The second kappa shape index (κ2) is 6.23. The van der Waals surface area contributed by atoms with E-state index in [1.165, 1.54) is 0 Å². The number of likely N-dealkylation sites (N-methyl/N-ethyl adjacent to an activating group) is 1. The van der Waals surface area contributed by atoms with Crippen LogP contribution in [-0.2, 0) is 6.54 Å². The van der Waals surface area contributed by atoms with Gasteiger partial charge in [-0.15, -0.1) is 0 Å². The maximum atomic E-state index is 9.25. The molecule has 1 rings (SSSR count). The Kier molecular flexibility index (Phi) is 4.93. The number of hydrogen-bond acceptors (Lipinski definition) is 4. The number of aliphatic hydroxyl groups is 2. The molecule has 4 heteroatoms. The van der Waals surface area contributed by atoms with Crippen molar-refractivity contribution in [1.29, 1.82) is 5.26 Å². The van der Waals surface area contributed by atoms with Gasteiger partial charge in [-0.1, -0.05) is 12.1 Å². The minimum atomic E-state index is -0.705. The Hall–Kier alpha value is -1.41. The van der Waals surface area contributed by atoms with E-state index in [0.29, 0.717) is 18.7 Å². The lowest BCUT2D eigenvalue weighted by molar-refractivity contribution is 0.0648. The second-order valence-electron chi connectivity index (χ2n) is 3.84. The molecule has 0 aliphatic heterocycles. The summed E-state index contributed by atoms with van der Waals surface area (Å²) in [6.07, 6.45) is -0.705. The van der Waals surface area contributed by atoms with Crippen LogP contribution in [0.25, 0.3) is 0 Å². The van der Waals surface area contributed by atoms with Crippen LogP contribution in [0.15, 0.2) is 24.3 Å². The fourth-order valence-electron chi connectivity index (χ4n) is 1.48. The van der Waals surface area contributed by atoms with Gasteiger partial charge in [0.05, 0.1) is 24.3 Å². The highest BCUT2D eigenvalue weighted by Gasteiger charge is 2.07. The van der Waals surface area contributed by atoms with E-state index in [-0.39, 0.29) is 6.61 Å². The highest BCUT2D eigenvalue weighted by atomic mass is 16.3. The standard InChI is InChI=1S/C12H16N2O2/c1-14(8-12(16)9-15)7-11-4-2-10(6-13)3-5-11/h2-5,12,15-16H,7-9H2,1H3. The van der Waals surface area contributed by atoms with Gasteiger partial charge in [0.15, 0.2) is 0 Å². The van der Waals surface area contributed by atoms with E-state index >= 15 is 0 Å². The summed E-state index contributed by atoms with van der Waals surface area (Å²) in [6, 6.07) is 9.38. The molecular weight excluding hydrogens is 204 g/mol. The van der Waals surface area contributed by atoms with E-state index < -0.39 is 6.10 Å². The summed E-state index contributed by atoms with van der Waals surface area (Å²) in [6.45, 7) is 0.886. The first-order valence-corrected chi connectivity index (χ1v) is 5.12. The Morgan fingerprint density at radius 1 is 1.38 bits per heavy atom. The minimum absolute atomic E-state index is 0.224. The summed E-state index contributed by atoms with van der Waals surface area (Å²) in [5.41, 5.74) is 1.72. The van der Waals surface area contributed by atoms with Crippen LogP contribution in [-0.4, -0.2) is 41.4 Å². The molecule has 1 unspecified atom stereocenters. The highest BCUT2D eigenvalue weighted by molar-refractivity contribution is 5.31. The van der Waals surface area contributed by atoms with Gasteiger partial charge in [-0.3, -0.25) is 4.90 Å². The van der Waals surface area contributed by atoms with Gasteiger partial charge in [0.2, 0.25) is 0 Å². The van der Waals surface area contributed by atoms with Crippen molar-refractivity contribution < 1.29 is 10.2 Å². The Labute approximate surface area is 95.4 Å². The molecule has 0 aromatic heterocycles. The van der Waals surface area contributed by atoms with Gasteiger partial charge < -0.3 is 10.2 Å². The van der Waals surface area contributed by atoms with Crippen LogP contribution in [0.3, 0.4) is 0 Å². The third kappa shape index (κ3) is 3.99. The van der Waals surface area contributed by atoms with Crippen molar-refractivity contribution in [2.24, 2.45) is 0 Å². The maximum absolute atomic E-state index is 9.25. The van der Waals surface area contributed by atoms with Crippen molar-refractivity contribution in [2.75, 3.05) is 20.2 Å². The fraction of sp³-hybridized carbons (Fsp3) is 0.417. The van der Waals surface area contributed by atoms with Crippen molar-refractivity contribution in [1.82, 2.24) is 4.90 Å². The summed E-state index contributed by atoms with van der Waals surface area (Å²) in [5.74, 6) is 0. The number of rotatable bonds is 5. The van der Waals surface area contributed by atoms with Crippen molar-refractivity contribution >= 4 is 0 Å². The molecule has 16 heavy (non-hydrogen) atoms. The lowest BCUT2D eigenvalue weighted by Gasteiger charge is -2.19. The molecule has 0 spiro atoms. The molecule has 1 aromatic rings. The summed E-state index contributed by atoms with van der Waals surface area (Å²) in [4.78, 5) is 1.92. The van der Waals surface area contributed by atoms with Gasteiger partial charge in [0.25, 0.3) is 0 Å². The van der Waals surface area contributed by atoms with Gasteiger partial charge in [0, 0.05) is 13.1 Å². The van der Waals surface area contributed by atoms with E-state index in [4.69, 9.17) is 10.4 Å². The number of hydrogen-bond donors (Lipinski definition) is 2. The van der Waals surface area contributed by atoms with E-state index in [1.54, 1.807) is 12.1 Å². The molecule has 86 valence electrons. The minimum Gasteiger partial charge on any atom is -0.394 e. The summed E-state index contributed by atoms with van der Waals surface area (Å²) >= 11 is 0. The van der Waals surface area contributed by atoms with Gasteiger partial charge in [0.1, 0.15) is 0 Å². The topological polar surface area (TPSA) is 67.5 Å². The third-order valence-corrected chi connectivity index (χ3v) is 2.27. The molecule has 1 aromatic carbocycles. The average molecular weight is 220 g/mol. The zero-order chi connectivity index (χ0) is 12.0. The zero-order valence-electron chi connectivity index (χ0n) is 9.30. The normalized spacial score (nSPS) is 12.4. The molecule has 0 heterocycles. The average Bonchev–Trinajstić information content (AvgIpc) is 2.29. The first kappa shape index (κ1) is 12.7. The molecule has 0 aliphatic rings. The summed E-state index contributed by atoms with van der Waals surface area (Å²) in [5, 5.41) is 26.6. The summed E-state index contributed by atoms with van der Waals surface area (Å²) in [7, 11) is 1.87. The lowest BCUT2D eigenvalue weighted by Crippen LogP contribution is -2.30. The largest absolute Gasteiger partial charge is 0.394 e. The van der Waals surface area contributed by atoms with Crippen molar-refractivity contribution in [2.45, 2.75) is 12.6 Å². The zero-order valence-corrected chi connectivity index (χ0v) is 9.30. The predicted molar refractivity (Wildman–Crippen MR) is 60.6 cm³/mol. The third-order valence-electron chi connectivity index (χ3n) is 2.27. The van der Waals surface area contributed by atoms with Gasteiger partial charge in [-0.2, -0.15) is 5.26 Å². The van der Waals surface area contributed by atoms with Crippen LogP contribution in [0, 0.1) is 11.3 Å².